The average Bonchev–Trinajstić information content (AvgIpc) is 2.74. The van der Waals surface area contributed by atoms with Crippen LogP contribution < -0.4 is 0 Å². The number of alkyl halides is 1. The van der Waals surface area contributed by atoms with E-state index in [0.29, 0.717) is 0 Å². The summed E-state index contributed by atoms with van der Waals surface area (Å²) < 4.78 is 12.5. The minimum absolute atomic E-state index is 0.179. The topological polar surface area (TPSA) is 18.5 Å². The first kappa shape index (κ1) is 14.6. The van der Waals surface area contributed by atoms with Gasteiger partial charge in [0.2, 0.25) is 0 Å². The molecule has 1 heterocycles. The fourth-order valence-electron chi connectivity index (χ4n) is 2.51. The number of hydrogen-bond acceptors (Lipinski definition) is 2. The zero-order valence-corrected chi connectivity index (χ0v) is 13.9. The number of ether oxygens (including phenoxy) is 1. The highest BCUT2D eigenvalue weighted by molar-refractivity contribution is 6.74. The first-order valence-corrected chi connectivity index (χ1v) is 10.2. The molecule has 0 aromatic carbocycles. The molecule has 0 aromatic heterocycles. The van der Waals surface area contributed by atoms with Crippen LogP contribution in [0.15, 0.2) is 12.2 Å². The summed E-state index contributed by atoms with van der Waals surface area (Å²) >= 11 is 6.05. The van der Waals surface area contributed by atoms with Crippen LogP contribution in [0.2, 0.25) is 18.1 Å². The summed E-state index contributed by atoms with van der Waals surface area (Å²) in [5.74, 6) is 0. The molecule has 1 aliphatic carbocycles. The Balaban J connectivity index is 2.12. The van der Waals surface area contributed by atoms with Crippen LogP contribution in [0.3, 0.4) is 0 Å². The SMILES string of the molecule is CC(C)(C)[Si](C)(C)O[C@@H]1CCC[C@]12C=CC(Cl)O2. The maximum absolute atomic E-state index is 6.55. The molecule has 18 heavy (non-hydrogen) atoms. The summed E-state index contributed by atoms with van der Waals surface area (Å²) in [6.07, 6.45) is 7.54. The Labute approximate surface area is 117 Å². The van der Waals surface area contributed by atoms with Gasteiger partial charge in [-0.1, -0.05) is 38.4 Å². The van der Waals surface area contributed by atoms with E-state index in [2.05, 4.69) is 39.9 Å². The quantitative estimate of drug-likeness (QED) is 0.424. The highest BCUT2D eigenvalue weighted by Gasteiger charge is 2.50. The largest absolute Gasteiger partial charge is 0.411 e. The highest BCUT2D eigenvalue weighted by Crippen LogP contribution is 2.46. The smallest absolute Gasteiger partial charge is 0.192 e. The fraction of sp³-hybridized carbons (Fsp3) is 0.857. The molecule has 1 unspecified atom stereocenters. The average molecular weight is 289 g/mol. The lowest BCUT2D eigenvalue weighted by Crippen LogP contribution is -2.49. The lowest BCUT2D eigenvalue weighted by atomic mass is 10.0. The number of halogens is 1. The summed E-state index contributed by atoms with van der Waals surface area (Å²) in [5, 5.41) is 0.236. The molecule has 0 saturated heterocycles. The molecule has 1 saturated carbocycles. The van der Waals surface area contributed by atoms with Gasteiger partial charge in [-0.15, -0.1) is 0 Å². The lowest BCUT2D eigenvalue weighted by molar-refractivity contribution is -0.0562. The number of hydrogen-bond donors (Lipinski definition) is 0. The van der Waals surface area contributed by atoms with Crippen molar-refractivity contribution < 1.29 is 9.16 Å². The molecule has 1 fully saturated rings. The van der Waals surface area contributed by atoms with Crippen molar-refractivity contribution in [3.8, 4) is 0 Å². The van der Waals surface area contributed by atoms with Gasteiger partial charge >= 0.3 is 0 Å². The maximum Gasteiger partial charge on any atom is 0.192 e. The summed E-state index contributed by atoms with van der Waals surface area (Å²) in [7, 11) is -1.74. The van der Waals surface area contributed by atoms with E-state index in [4.69, 9.17) is 20.8 Å². The molecule has 0 aromatic rings. The normalized spacial score (nSPS) is 36.8. The van der Waals surface area contributed by atoms with Gasteiger partial charge in [0.15, 0.2) is 13.9 Å². The van der Waals surface area contributed by atoms with Crippen molar-refractivity contribution in [2.75, 3.05) is 0 Å². The van der Waals surface area contributed by atoms with Gasteiger partial charge in [-0.25, -0.2) is 0 Å². The van der Waals surface area contributed by atoms with Gasteiger partial charge in [0, 0.05) is 0 Å². The lowest BCUT2D eigenvalue weighted by Gasteiger charge is -2.42. The molecule has 2 nitrogen and oxygen atoms in total. The second-order valence-electron chi connectivity index (χ2n) is 7.04. The van der Waals surface area contributed by atoms with Gasteiger partial charge in [-0.05, 0) is 43.5 Å². The Bertz CT molecular complexity index is 348. The molecule has 0 bridgehead atoms. The van der Waals surface area contributed by atoms with Crippen LogP contribution in [0.5, 0.6) is 0 Å². The summed E-state index contributed by atoms with van der Waals surface area (Å²) in [5.41, 5.74) is -0.532. The van der Waals surface area contributed by atoms with Crippen LogP contribution >= 0.6 is 11.6 Å². The molecule has 3 atom stereocenters. The minimum atomic E-state index is -1.74. The first-order valence-electron chi connectivity index (χ1n) is 6.85. The predicted molar refractivity (Wildman–Crippen MR) is 78.5 cm³/mol. The van der Waals surface area contributed by atoms with Crippen molar-refractivity contribution >= 4 is 19.9 Å². The monoisotopic (exact) mass is 288 g/mol. The van der Waals surface area contributed by atoms with Crippen LogP contribution in [0.4, 0.5) is 0 Å². The fourth-order valence-corrected chi connectivity index (χ4v) is 4.13. The molecular weight excluding hydrogens is 264 g/mol. The zero-order chi connectivity index (χ0) is 13.6. The van der Waals surface area contributed by atoms with Crippen LogP contribution in [-0.4, -0.2) is 25.6 Å². The van der Waals surface area contributed by atoms with Crippen LogP contribution in [0.1, 0.15) is 40.0 Å². The van der Waals surface area contributed by atoms with E-state index < -0.39 is 8.32 Å². The van der Waals surface area contributed by atoms with Crippen molar-refractivity contribution in [1.29, 1.82) is 0 Å². The van der Waals surface area contributed by atoms with Crippen LogP contribution in [0.25, 0.3) is 0 Å². The van der Waals surface area contributed by atoms with Gasteiger partial charge in [0.25, 0.3) is 0 Å². The maximum atomic E-state index is 6.55. The molecule has 2 aliphatic rings. The van der Waals surface area contributed by atoms with Crippen molar-refractivity contribution in [1.82, 2.24) is 0 Å². The van der Waals surface area contributed by atoms with Crippen LogP contribution in [-0.2, 0) is 9.16 Å². The standard InChI is InChI=1S/C14H25ClO2Si/c1-13(2,3)18(4,5)17-11-7-6-9-14(11)10-8-12(15)16-14/h8,10-12H,6-7,9H2,1-5H3/t11-,12?,14+/m1/s1. The Hall–Kier alpha value is 0.167. The van der Waals surface area contributed by atoms with Crippen molar-refractivity contribution in [3.63, 3.8) is 0 Å². The molecular formula is C14H25ClO2Si. The van der Waals surface area contributed by atoms with Crippen molar-refractivity contribution in [2.45, 2.75) is 75.4 Å². The molecule has 1 aliphatic heterocycles. The van der Waals surface area contributed by atoms with Gasteiger partial charge < -0.3 is 9.16 Å². The van der Waals surface area contributed by atoms with Gasteiger partial charge in [0.05, 0.1) is 6.10 Å². The van der Waals surface area contributed by atoms with Gasteiger partial charge in [-0.2, -0.15) is 0 Å². The number of rotatable bonds is 2. The Morgan fingerprint density at radius 3 is 2.56 bits per heavy atom. The molecule has 0 radical (unpaired) electrons. The van der Waals surface area contributed by atoms with Gasteiger partial charge in [0.1, 0.15) is 5.60 Å². The van der Waals surface area contributed by atoms with Crippen molar-refractivity contribution in [3.05, 3.63) is 12.2 Å². The highest BCUT2D eigenvalue weighted by atomic mass is 35.5. The second kappa shape index (κ2) is 4.62. The first-order chi connectivity index (χ1) is 8.16. The van der Waals surface area contributed by atoms with E-state index >= 15 is 0 Å². The predicted octanol–water partition coefficient (Wildman–Crippen LogP) is 4.45. The van der Waals surface area contributed by atoms with E-state index in [-0.39, 0.29) is 22.3 Å². The molecule has 0 amide bonds. The van der Waals surface area contributed by atoms with E-state index in [9.17, 15) is 0 Å². The molecule has 2 rings (SSSR count). The van der Waals surface area contributed by atoms with E-state index in [0.717, 1.165) is 19.3 Å². The zero-order valence-electron chi connectivity index (χ0n) is 12.1. The molecule has 4 heteroatoms. The van der Waals surface area contributed by atoms with Crippen molar-refractivity contribution in [2.24, 2.45) is 0 Å². The Morgan fingerprint density at radius 2 is 2.06 bits per heavy atom. The van der Waals surface area contributed by atoms with E-state index in [1.807, 2.05) is 6.08 Å². The third-order valence-corrected chi connectivity index (χ3v) is 9.40. The van der Waals surface area contributed by atoms with Gasteiger partial charge in [-0.3, -0.25) is 0 Å². The minimum Gasteiger partial charge on any atom is -0.411 e. The molecule has 104 valence electrons. The van der Waals surface area contributed by atoms with Crippen LogP contribution in [0, 0.1) is 0 Å². The summed E-state index contributed by atoms with van der Waals surface area (Å²) in [4.78, 5) is 0. The summed E-state index contributed by atoms with van der Waals surface area (Å²) in [6, 6.07) is 0. The summed E-state index contributed by atoms with van der Waals surface area (Å²) in [6.45, 7) is 11.4. The third-order valence-electron chi connectivity index (χ3n) is 4.68. The van der Waals surface area contributed by atoms with E-state index in [1.165, 1.54) is 0 Å². The Kier molecular flexibility index (Phi) is 3.74. The Morgan fingerprint density at radius 1 is 1.39 bits per heavy atom. The molecule has 1 spiro atoms. The molecule has 0 N–H and O–H groups in total. The second-order valence-corrected chi connectivity index (χ2v) is 12.2. The van der Waals surface area contributed by atoms with E-state index in [1.54, 1.807) is 0 Å². The third kappa shape index (κ3) is 2.55.